The molecular weight excluding hydrogens is 196 g/mol. The van der Waals surface area contributed by atoms with Crippen molar-refractivity contribution >= 4 is 0 Å². The highest BCUT2D eigenvalue weighted by Crippen LogP contribution is 2.34. The standard InChI is InChI=1S/C12H15F2N/c13-12(14,8-15)11-7-3-5-9-4-1-2-6-10(9)11/h3,5,7H,1-2,4,6,8,15H2. The second-order valence-corrected chi connectivity index (χ2v) is 4.06. The Morgan fingerprint density at radius 2 is 1.93 bits per heavy atom. The third kappa shape index (κ3) is 1.88. The lowest BCUT2D eigenvalue weighted by Crippen LogP contribution is -2.27. The molecule has 0 spiro atoms. The Morgan fingerprint density at radius 1 is 1.20 bits per heavy atom. The minimum atomic E-state index is -2.87. The summed E-state index contributed by atoms with van der Waals surface area (Å²) in [6.45, 7) is -0.608. The quantitative estimate of drug-likeness (QED) is 0.799. The molecule has 0 saturated carbocycles. The SMILES string of the molecule is NCC(F)(F)c1cccc2c1CCCC2. The van der Waals surface area contributed by atoms with Crippen LogP contribution < -0.4 is 5.73 Å². The van der Waals surface area contributed by atoms with Crippen molar-refractivity contribution < 1.29 is 8.78 Å². The first-order valence-electron chi connectivity index (χ1n) is 5.34. The van der Waals surface area contributed by atoms with E-state index in [1.165, 1.54) is 6.07 Å². The zero-order valence-electron chi connectivity index (χ0n) is 8.60. The van der Waals surface area contributed by atoms with Crippen molar-refractivity contribution in [3.05, 3.63) is 34.9 Å². The minimum Gasteiger partial charge on any atom is -0.325 e. The smallest absolute Gasteiger partial charge is 0.285 e. The van der Waals surface area contributed by atoms with Gasteiger partial charge in [-0.15, -0.1) is 0 Å². The number of hydrogen-bond acceptors (Lipinski definition) is 1. The van der Waals surface area contributed by atoms with Crippen molar-refractivity contribution in [1.29, 1.82) is 0 Å². The Hall–Kier alpha value is -0.960. The van der Waals surface area contributed by atoms with Crippen LogP contribution >= 0.6 is 0 Å². The summed E-state index contributed by atoms with van der Waals surface area (Å²) in [5.74, 6) is -2.87. The lowest BCUT2D eigenvalue weighted by Gasteiger charge is -2.23. The van der Waals surface area contributed by atoms with E-state index in [9.17, 15) is 8.78 Å². The van der Waals surface area contributed by atoms with Crippen molar-refractivity contribution in [3.8, 4) is 0 Å². The molecule has 0 aromatic heterocycles. The Bertz CT molecular complexity index is 361. The van der Waals surface area contributed by atoms with Crippen LogP contribution in [0.4, 0.5) is 8.78 Å². The monoisotopic (exact) mass is 211 g/mol. The zero-order valence-corrected chi connectivity index (χ0v) is 8.60. The van der Waals surface area contributed by atoms with Crippen molar-refractivity contribution in [3.63, 3.8) is 0 Å². The highest BCUT2D eigenvalue weighted by molar-refractivity contribution is 5.39. The summed E-state index contributed by atoms with van der Waals surface area (Å²) in [6.07, 6.45) is 3.79. The van der Waals surface area contributed by atoms with Crippen LogP contribution in [0, 0.1) is 0 Å². The van der Waals surface area contributed by atoms with Gasteiger partial charge in [-0.05, 0) is 36.8 Å². The van der Waals surface area contributed by atoms with Gasteiger partial charge in [-0.25, -0.2) is 0 Å². The van der Waals surface area contributed by atoms with Crippen LogP contribution in [0.1, 0.15) is 29.5 Å². The van der Waals surface area contributed by atoms with Crippen LogP contribution in [-0.4, -0.2) is 6.54 Å². The topological polar surface area (TPSA) is 26.0 Å². The Morgan fingerprint density at radius 3 is 2.67 bits per heavy atom. The Balaban J connectivity index is 2.48. The van der Waals surface area contributed by atoms with Crippen LogP contribution in [0.15, 0.2) is 18.2 Å². The predicted octanol–water partition coefficient (Wildman–Crippen LogP) is 2.62. The van der Waals surface area contributed by atoms with Crippen LogP contribution in [0.5, 0.6) is 0 Å². The number of fused-ring (bicyclic) bond motifs is 1. The summed E-state index contributed by atoms with van der Waals surface area (Å²) in [7, 11) is 0. The molecule has 0 atom stereocenters. The van der Waals surface area contributed by atoms with E-state index in [-0.39, 0.29) is 5.56 Å². The number of nitrogens with two attached hydrogens (primary N) is 1. The van der Waals surface area contributed by atoms with Crippen molar-refractivity contribution in [1.82, 2.24) is 0 Å². The third-order valence-electron chi connectivity index (χ3n) is 3.05. The van der Waals surface area contributed by atoms with E-state index in [1.54, 1.807) is 6.07 Å². The number of hydrogen-bond donors (Lipinski definition) is 1. The van der Waals surface area contributed by atoms with Gasteiger partial charge in [0.2, 0.25) is 0 Å². The molecule has 0 unspecified atom stereocenters. The first-order chi connectivity index (χ1) is 7.15. The van der Waals surface area contributed by atoms with Gasteiger partial charge in [0.25, 0.3) is 5.92 Å². The van der Waals surface area contributed by atoms with Gasteiger partial charge in [-0.1, -0.05) is 18.2 Å². The number of alkyl halides is 2. The van der Waals surface area contributed by atoms with E-state index in [4.69, 9.17) is 5.73 Å². The second kappa shape index (κ2) is 3.89. The van der Waals surface area contributed by atoms with Gasteiger partial charge in [0.1, 0.15) is 0 Å². The minimum absolute atomic E-state index is 0.141. The number of benzene rings is 1. The molecular formula is C12H15F2N. The molecule has 0 aliphatic heterocycles. The predicted molar refractivity (Wildman–Crippen MR) is 56.0 cm³/mol. The molecule has 0 bridgehead atoms. The summed E-state index contributed by atoms with van der Waals surface area (Å²) in [6, 6.07) is 5.17. The van der Waals surface area contributed by atoms with E-state index >= 15 is 0 Å². The number of aryl methyl sites for hydroxylation is 1. The maximum absolute atomic E-state index is 13.5. The largest absolute Gasteiger partial charge is 0.325 e. The summed E-state index contributed by atoms with van der Waals surface area (Å²) < 4.78 is 27.1. The van der Waals surface area contributed by atoms with Crippen molar-refractivity contribution in [2.45, 2.75) is 31.6 Å². The number of halogens is 2. The normalized spacial score (nSPS) is 16.2. The lowest BCUT2D eigenvalue weighted by atomic mass is 9.86. The van der Waals surface area contributed by atoms with E-state index in [0.717, 1.165) is 36.8 Å². The molecule has 1 aliphatic rings. The maximum atomic E-state index is 13.5. The molecule has 0 fully saturated rings. The maximum Gasteiger partial charge on any atom is 0.285 e. The lowest BCUT2D eigenvalue weighted by molar-refractivity contribution is 0.00484. The zero-order chi connectivity index (χ0) is 10.9. The van der Waals surface area contributed by atoms with Gasteiger partial charge in [-0.3, -0.25) is 0 Å². The van der Waals surface area contributed by atoms with Gasteiger partial charge in [0.15, 0.2) is 0 Å². The van der Waals surface area contributed by atoms with Crippen molar-refractivity contribution in [2.75, 3.05) is 6.54 Å². The van der Waals surface area contributed by atoms with Gasteiger partial charge in [0.05, 0.1) is 6.54 Å². The number of rotatable bonds is 2. The fourth-order valence-electron chi connectivity index (χ4n) is 2.23. The average molecular weight is 211 g/mol. The van der Waals surface area contributed by atoms with Gasteiger partial charge in [0, 0.05) is 5.56 Å². The van der Waals surface area contributed by atoms with Gasteiger partial charge < -0.3 is 5.73 Å². The van der Waals surface area contributed by atoms with Crippen molar-refractivity contribution in [2.24, 2.45) is 5.73 Å². The van der Waals surface area contributed by atoms with Crippen LogP contribution in [0.25, 0.3) is 0 Å². The Labute approximate surface area is 88.3 Å². The molecule has 1 aromatic carbocycles. The van der Waals surface area contributed by atoms with Gasteiger partial charge in [-0.2, -0.15) is 8.78 Å². The first kappa shape index (κ1) is 10.6. The summed E-state index contributed by atoms with van der Waals surface area (Å²) in [5, 5.41) is 0. The molecule has 0 amide bonds. The molecule has 82 valence electrons. The highest BCUT2D eigenvalue weighted by atomic mass is 19.3. The molecule has 1 aliphatic carbocycles. The molecule has 2 rings (SSSR count). The van der Waals surface area contributed by atoms with Crippen LogP contribution in [0.3, 0.4) is 0 Å². The average Bonchev–Trinajstić information content (AvgIpc) is 2.28. The summed E-state index contributed by atoms with van der Waals surface area (Å²) in [5.41, 5.74) is 7.17. The third-order valence-corrected chi connectivity index (χ3v) is 3.05. The molecule has 2 N–H and O–H groups in total. The molecule has 0 saturated heterocycles. The molecule has 1 nitrogen and oxygen atoms in total. The van der Waals surface area contributed by atoms with E-state index in [2.05, 4.69) is 0 Å². The molecule has 3 heteroatoms. The van der Waals surface area contributed by atoms with E-state index < -0.39 is 12.5 Å². The Kier molecular flexibility index (Phi) is 2.74. The van der Waals surface area contributed by atoms with Crippen LogP contribution in [-0.2, 0) is 18.8 Å². The highest BCUT2D eigenvalue weighted by Gasteiger charge is 2.33. The second-order valence-electron chi connectivity index (χ2n) is 4.06. The van der Waals surface area contributed by atoms with E-state index in [1.807, 2.05) is 6.07 Å². The summed E-state index contributed by atoms with van der Waals surface area (Å²) in [4.78, 5) is 0. The molecule has 0 radical (unpaired) electrons. The fourth-order valence-corrected chi connectivity index (χ4v) is 2.23. The first-order valence-corrected chi connectivity index (χ1v) is 5.34. The molecule has 15 heavy (non-hydrogen) atoms. The van der Waals surface area contributed by atoms with Gasteiger partial charge >= 0.3 is 0 Å². The molecule has 1 aromatic rings. The fraction of sp³-hybridized carbons (Fsp3) is 0.500. The molecule has 0 heterocycles. The van der Waals surface area contributed by atoms with Crippen LogP contribution in [0.2, 0.25) is 0 Å². The van der Waals surface area contributed by atoms with E-state index in [0.29, 0.717) is 0 Å². The summed E-state index contributed by atoms with van der Waals surface area (Å²) >= 11 is 0.